The van der Waals surface area contributed by atoms with E-state index in [1.807, 2.05) is 6.07 Å². The van der Waals surface area contributed by atoms with Crippen molar-refractivity contribution in [3.63, 3.8) is 0 Å². The summed E-state index contributed by atoms with van der Waals surface area (Å²) in [5.41, 5.74) is 2.58. The summed E-state index contributed by atoms with van der Waals surface area (Å²) in [5.74, 6) is 1.70. The van der Waals surface area contributed by atoms with Crippen LogP contribution in [0.25, 0.3) is 0 Å². The number of rotatable bonds is 6. The molecular weight excluding hydrogens is 198 g/mol. The summed E-state index contributed by atoms with van der Waals surface area (Å²) in [7, 11) is 1.73. The molecule has 1 rings (SSSR count). The predicted molar refractivity (Wildman–Crippen MR) is 69.1 cm³/mol. The van der Waals surface area contributed by atoms with E-state index in [1.54, 1.807) is 7.11 Å². The zero-order valence-electron chi connectivity index (χ0n) is 10.8. The smallest absolute Gasteiger partial charge is 0.122 e. The Morgan fingerprint density at radius 2 is 2.06 bits per heavy atom. The summed E-state index contributed by atoms with van der Waals surface area (Å²) >= 11 is 0. The topological polar surface area (TPSA) is 21.3 Å². The SMILES string of the molecule is COc1ccc(C)cc1CCNCC(C)C. The molecule has 2 nitrogen and oxygen atoms in total. The average Bonchev–Trinajstić information content (AvgIpc) is 2.24. The monoisotopic (exact) mass is 221 g/mol. The quantitative estimate of drug-likeness (QED) is 0.746. The maximum atomic E-state index is 5.35. The van der Waals surface area contributed by atoms with E-state index in [0.29, 0.717) is 5.92 Å². The molecule has 1 N–H and O–H groups in total. The molecule has 90 valence electrons. The lowest BCUT2D eigenvalue weighted by molar-refractivity contribution is 0.408. The molecule has 0 aliphatic rings. The highest BCUT2D eigenvalue weighted by Crippen LogP contribution is 2.19. The van der Waals surface area contributed by atoms with E-state index in [4.69, 9.17) is 4.74 Å². The fourth-order valence-electron chi connectivity index (χ4n) is 1.72. The van der Waals surface area contributed by atoms with Gasteiger partial charge < -0.3 is 10.1 Å². The van der Waals surface area contributed by atoms with Gasteiger partial charge in [-0.3, -0.25) is 0 Å². The number of nitrogens with one attached hydrogen (secondary N) is 1. The number of hydrogen-bond acceptors (Lipinski definition) is 2. The Balaban J connectivity index is 2.48. The van der Waals surface area contributed by atoms with Crippen LogP contribution in [-0.2, 0) is 6.42 Å². The van der Waals surface area contributed by atoms with Crippen LogP contribution in [0.4, 0.5) is 0 Å². The van der Waals surface area contributed by atoms with Gasteiger partial charge in [-0.15, -0.1) is 0 Å². The van der Waals surface area contributed by atoms with Gasteiger partial charge >= 0.3 is 0 Å². The minimum Gasteiger partial charge on any atom is -0.496 e. The molecule has 0 saturated carbocycles. The van der Waals surface area contributed by atoms with Gasteiger partial charge in [-0.2, -0.15) is 0 Å². The molecule has 0 aliphatic carbocycles. The number of methoxy groups -OCH3 is 1. The third kappa shape index (κ3) is 4.23. The van der Waals surface area contributed by atoms with Gasteiger partial charge in [-0.25, -0.2) is 0 Å². The molecule has 1 aromatic carbocycles. The van der Waals surface area contributed by atoms with E-state index >= 15 is 0 Å². The van der Waals surface area contributed by atoms with E-state index in [1.165, 1.54) is 11.1 Å². The predicted octanol–water partition coefficient (Wildman–Crippen LogP) is 2.79. The van der Waals surface area contributed by atoms with Crippen LogP contribution in [0.1, 0.15) is 25.0 Å². The Labute approximate surface area is 99.0 Å². The normalized spacial score (nSPS) is 10.8. The molecule has 0 bridgehead atoms. The van der Waals surface area contributed by atoms with E-state index in [2.05, 4.69) is 38.2 Å². The highest BCUT2D eigenvalue weighted by atomic mass is 16.5. The lowest BCUT2D eigenvalue weighted by atomic mass is 10.1. The van der Waals surface area contributed by atoms with Crippen LogP contribution >= 0.6 is 0 Å². The lowest BCUT2D eigenvalue weighted by Crippen LogP contribution is -2.22. The second kappa shape index (κ2) is 6.54. The molecule has 0 aliphatic heterocycles. The Hall–Kier alpha value is -1.02. The fraction of sp³-hybridized carbons (Fsp3) is 0.571. The maximum absolute atomic E-state index is 5.35. The number of benzene rings is 1. The first-order valence-electron chi connectivity index (χ1n) is 5.97. The van der Waals surface area contributed by atoms with Crippen molar-refractivity contribution in [3.8, 4) is 5.75 Å². The van der Waals surface area contributed by atoms with Crippen molar-refractivity contribution in [2.75, 3.05) is 20.2 Å². The Morgan fingerprint density at radius 1 is 1.31 bits per heavy atom. The largest absolute Gasteiger partial charge is 0.496 e. The highest BCUT2D eigenvalue weighted by molar-refractivity contribution is 5.37. The van der Waals surface area contributed by atoms with Crippen LogP contribution in [0.2, 0.25) is 0 Å². The van der Waals surface area contributed by atoms with Gasteiger partial charge in [-0.05, 0) is 44.0 Å². The van der Waals surface area contributed by atoms with Gasteiger partial charge in [0.05, 0.1) is 7.11 Å². The van der Waals surface area contributed by atoms with E-state index in [0.717, 1.165) is 25.3 Å². The number of hydrogen-bond donors (Lipinski definition) is 1. The summed E-state index contributed by atoms with van der Waals surface area (Å²) in [6.45, 7) is 8.65. The molecular formula is C14H23NO. The molecule has 0 radical (unpaired) electrons. The summed E-state index contributed by atoms with van der Waals surface area (Å²) < 4.78 is 5.35. The van der Waals surface area contributed by atoms with Crippen molar-refractivity contribution >= 4 is 0 Å². The molecule has 2 heteroatoms. The second-order valence-electron chi connectivity index (χ2n) is 4.66. The van der Waals surface area contributed by atoms with Crippen LogP contribution in [-0.4, -0.2) is 20.2 Å². The maximum Gasteiger partial charge on any atom is 0.122 e. The third-order valence-electron chi connectivity index (χ3n) is 2.56. The van der Waals surface area contributed by atoms with Gasteiger partial charge in [0.1, 0.15) is 5.75 Å². The zero-order chi connectivity index (χ0) is 12.0. The van der Waals surface area contributed by atoms with Gasteiger partial charge in [0.2, 0.25) is 0 Å². The van der Waals surface area contributed by atoms with E-state index in [-0.39, 0.29) is 0 Å². The molecule has 0 amide bonds. The minimum atomic E-state index is 0.708. The molecule has 16 heavy (non-hydrogen) atoms. The first kappa shape index (κ1) is 13.0. The Kier molecular flexibility index (Phi) is 5.33. The van der Waals surface area contributed by atoms with E-state index < -0.39 is 0 Å². The average molecular weight is 221 g/mol. The van der Waals surface area contributed by atoms with Crippen LogP contribution in [0.5, 0.6) is 5.75 Å². The molecule has 0 fully saturated rings. The molecule has 0 atom stereocenters. The van der Waals surface area contributed by atoms with Gasteiger partial charge in [0, 0.05) is 0 Å². The van der Waals surface area contributed by atoms with Crippen LogP contribution < -0.4 is 10.1 Å². The standard InChI is InChI=1S/C14H23NO/c1-11(2)10-15-8-7-13-9-12(3)5-6-14(13)16-4/h5-6,9,11,15H,7-8,10H2,1-4H3. The first-order valence-corrected chi connectivity index (χ1v) is 5.97. The van der Waals surface area contributed by atoms with Crippen molar-refractivity contribution in [1.29, 1.82) is 0 Å². The van der Waals surface area contributed by atoms with Crippen molar-refractivity contribution in [3.05, 3.63) is 29.3 Å². The molecule has 0 unspecified atom stereocenters. The zero-order valence-corrected chi connectivity index (χ0v) is 10.8. The third-order valence-corrected chi connectivity index (χ3v) is 2.56. The van der Waals surface area contributed by atoms with Crippen LogP contribution in [0.15, 0.2) is 18.2 Å². The molecule has 1 aromatic rings. The van der Waals surface area contributed by atoms with Gasteiger partial charge in [0.25, 0.3) is 0 Å². The first-order chi connectivity index (χ1) is 7.63. The Morgan fingerprint density at radius 3 is 2.69 bits per heavy atom. The molecule has 0 heterocycles. The van der Waals surface area contributed by atoms with Gasteiger partial charge in [-0.1, -0.05) is 31.5 Å². The molecule has 0 aromatic heterocycles. The van der Waals surface area contributed by atoms with Crippen molar-refractivity contribution in [2.24, 2.45) is 5.92 Å². The molecule has 0 saturated heterocycles. The van der Waals surface area contributed by atoms with Crippen molar-refractivity contribution in [2.45, 2.75) is 27.2 Å². The van der Waals surface area contributed by atoms with Crippen LogP contribution in [0.3, 0.4) is 0 Å². The molecule has 0 spiro atoms. The summed E-state index contributed by atoms with van der Waals surface area (Å²) in [4.78, 5) is 0. The number of aryl methyl sites for hydroxylation is 1. The summed E-state index contributed by atoms with van der Waals surface area (Å²) in [6, 6.07) is 6.34. The van der Waals surface area contributed by atoms with Crippen molar-refractivity contribution < 1.29 is 4.74 Å². The minimum absolute atomic E-state index is 0.708. The van der Waals surface area contributed by atoms with E-state index in [9.17, 15) is 0 Å². The number of ether oxygens (including phenoxy) is 1. The highest BCUT2D eigenvalue weighted by Gasteiger charge is 2.02. The van der Waals surface area contributed by atoms with Crippen LogP contribution in [0, 0.1) is 12.8 Å². The van der Waals surface area contributed by atoms with Crippen molar-refractivity contribution in [1.82, 2.24) is 5.32 Å². The Bertz CT molecular complexity index is 321. The summed E-state index contributed by atoms with van der Waals surface area (Å²) in [5, 5.41) is 3.45. The van der Waals surface area contributed by atoms with Gasteiger partial charge in [0.15, 0.2) is 0 Å². The second-order valence-corrected chi connectivity index (χ2v) is 4.66. The fourth-order valence-corrected chi connectivity index (χ4v) is 1.72. The lowest BCUT2D eigenvalue weighted by Gasteiger charge is -2.11. The summed E-state index contributed by atoms with van der Waals surface area (Å²) in [6.07, 6.45) is 1.03.